The van der Waals surface area contributed by atoms with Crippen LogP contribution in [0.2, 0.25) is 0 Å². The number of anilines is 1. The van der Waals surface area contributed by atoms with Crippen LogP contribution in [0.1, 0.15) is 13.3 Å². The van der Waals surface area contributed by atoms with Gasteiger partial charge < -0.3 is 4.90 Å². The van der Waals surface area contributed by atoms with Gasteiger partial charge in [0, 0.05) is 29.6 Å². The lowest BCUT2D eigenvalue weighted by Crippen LogP contribution is -2.20. The maximum atomic E-state index is 4.56. The van der Waals surface area contributed by atoms with Crippen LogP contribution in [-0.2, 0) is 0 Å². The summed E-state index contributed by atoms with van der Waals surface area (Å²) in [5, 5.41) is 1.06. The molecule has 16 heavy (non-hydrogen) atoms. The second-order valence-electron chi connectivity index (χ2n) is 3.77. The van der Waals surface area contributed by atoms with Crippen LogP contribution in [0.5, 0.6) is 0 Å². The van der Waals surface area contributed by atoms with Crippen molar-refractivity contribution in [1.29, 1.82) is 0 Å². The fraction of sp³-hybridized carbons (Fsp3) is 0.333. The lowest BCUT2D eigenvalue weighted by molar-refractivity contribution is 0.822. The van der Waals surface area contributed by atoms with Gasteiger partial charge in [0.15, 0.2) is 0 Å². The molecule has 84 valence electrons. The van der Waals surface area contributed by atoms with Crippen LogP contribution in [0.3, 0.4) is 0 Å². The maximum Gasteiger partial charge on any atom is 0.225 e. The van der Waals surface area contributed by atoms with Gasteiger partial charge in [-0.1, -0.05) is 19.1 Å². The molecular formula is C12H14BrN3. The largest absolute Gasteiger partial charge is 0.344 e. The molecule has 2 aromatic rings. The minimum absolute atomic E-state index is 0.779. The summed E-state index contributed by atoms with van der Waals surface area (Å²) in [6, 6.07) is 6.01. The number of hydrogen-bond donors (Lipinski definition) is 0. The van der Waals surface area contributed by atoms with E-state index in [-0.39, 0.29) is 0 Å². The van der Waals surface area contributed by atoms with Crippen LogP contribution in [0.15, 0.2) is 28.9 Å². The molecule has 0 aliphatic rings. The van der Waals surface area contributed by atoms with Crippen molar-refractivity contribution < 1.29 is 0 Å². The molecule has 0 fully saturated rings. The van der Waals surface area contributed by atoms with Crippen LogP contribution in [0.25, 0.3) is 10.9 Å². The first-order valence-corrected chi connectivity index (χ1v) is 6.14. The summed E-state index contributed by atoms with van der Waals surface area (Å²) >= 11 is 3.51. The highest BCUT2D eigenvalue weighted by Crippen LogP contribution is 2.22. The molecule has 1 aromatic heterocycles. The quantitative estimate of drug-likeness (QED) is 0.864. The molecule has 0 N–H and O–H groups in total. The van der Waals surface area contributed by atoms with Gasteiger partial charge >= 0.3 is 0 Å². The molecule has 0 radical (unpaired) electrons. The summed E-state index contributed by atoms with van der Waals surface area (Å²) in [6.45, 7) is 3.11. The summed E-state index contributed by atoms with van der Waals surface area (Å²) in [4.78, 5) is 11.0. The summed E-state index contributed by atoms with van der Waals surface area (Å²) in [5.41, 5.74) is 0.968. The number of fused-ring (bicyclic) bond motifs is 1. The van der Waals surface area contributed by atoms with Crippen molar-refractivity contribution in [3.8, 4) is 0 Å². The zero-order valence-electron chi connectivity index (χ0n) is 9.44. The molecule has 0 saturated carbocycles. The molecule has 1 aromatic carbocycles. The van der Waals surface area contributed by atoms with E-state index in [9.17, 15) is 0 Å². The van der Waals surface area contributed by atoms with E-state index in [2.05, 4.69) is 37.7 Å². The minimum Gasteiger partial charge on any atom is -0.344 e. The Labute approximate surface area is 104 Å². The third-order valence-corrected chi connectivity index (χ3v) is 3.09. The first-order valence-electron chi connectivity index (χ1n) is 5.34. The van der Waals surface area contributed by atoms with Crippen LogP contribution < -0.4 is 4.90 Å². The molecule has 0 unspecified atom stereocenters. The summed E-state index contributed by atoms with van der Waals surface area (Å²) in [6.07, 6.45) is 2.96. The Morgan fingerprint density at radius 3 is 2.94 bits per heavy atom. The first-order chi connectivity index (χ1) is 7.72. The monoisotopic (exact) mass is 279 g/mol. The number of halogens is 1. The fourth-order valence-electron chi connectivity index (χ4n) is 1.63. The molecule has 0 bridgehead atoms. The number of aromatic nitrogens is 2. The third kappa shape index (κ3) is 2.16. The molecule has 2 rings (SSSR count). The molecular weight excluding hydrogens is 266 g/mol. The van der Waals surface area contributed by atoms with E-state index in [0.29, 0.717) is 0 Å². The zero-order valence-corrected chi connectivity index (χ0v) is 11.0. The van der Waals surface area contributed by atoms with Gasteiger partial charge in [-0.25, -0.2) is 9.97 Å². The number of hydrogen-bond acceptors (Lipinski definition) is 3. The van der Waals surface area contributed by atoms with Gasteiger partial charge in [0.1, 0.15) is 0 Å². The number of rotatable bonds is 3. The van der Waals surface area contributed by atoms with Gasteiger partial charge in [-0.15, -0.1) is 0 Å². The molecule has 0 spiro atoms. The Morgan fingerprint density at radius 2 is 2.19 bits per heavy atom. The van der Waals surface area contributed by atoms with Crippen LogP contribution in [0, 0.1) is 0 Å². The normalized spacial score (nSPS) is 10.7. The fourth-order valence-corrected chi connectivity index (χ4v) is 2.10. The van der Waals surface area contributed by atoms with Gasteiger partial charge in [-0.3, -0.25) is 0 Å². The van der Waals surface area contributed by atoms with Gasteiger partial charge in [0.2, 0.25) is 5.95 Å². The van der Waals surface area contributed by atoms with Crippen LogP contribution in [-0.4, -0.2) is 23.6 Å². The number of para-hydroxylation sites is 1. The third-order valence-electron chi connectivity index (χ3n) is 2.45. The van der Waals surface area contributed by atoms with E-state index in [1.54, 1.807) is 0 Å². The Kier molecular flexibility index (Phi) is 3.39. The van der Waals surface area contributed by atoms with Gasteiger partial charge in [-0.05, 0) is 28.4 Å². The molecule has 0 aliphatic carbocycles. The molecule has 0 saturated heterocycles. The molecule has 0 aliphatic heterocycles. The molecule has 0 amide bonds. The van der Waals surface area contributed by atoms with Crippen molar-refractivity contribution in [2.75, 3.05) is 18.5 Å². The molecule has 1 heterocycles. The first kappa shape index (κ1) is 11.3. The Balaban J connectivity index is 2.46. The van der Waals surface area contributed by atoms with E-state index < -0.39 is 0 Å². The Morgan fingerprint density at radius 1 is 1.38 bits per heavy atom. The summed E-state index contributed by atoms with van der Waals surface area (Å²) in [5.74, 6) is 0.779. The summed E-state index contributed by atoms with van der Waals surface area (Å²) < 4.78 is 1.01. The predicted molar refractivity (Wildman–Crippen MR) is 70.8 cm³/mol. The SMILES string of the molecule is CCCN(C)c1ncc2cccc(Br)c2n1. The maximum absolute atomic E-state index is 4.56. The van der Waals surface area contributed by atoms with E-state index in [0.717, 1.165) is 34.3 Å². The van der Waals surface area contributed by atoms with Crippen molar-refractivity contribution in [3.05, 3.63) is 28.9 Å². The topological polar surface area (TPSA) is 29.0 Å². The van der Waals surface area contributed by atoms with Gasteiger partial charge in [-0.2, -0.15) is 0 Å². The lowest BCUT2D eigenvalue weighted by Gasteiger charge is -2.16. The zero-order chi connectivity index (χ0) is 11.5. The van der Waals surface area contributed by atoms with E-state index in [1.165, 1.54) is 0 Å². The van der Waals surface area contributed by atoms with Crippen molar-refractivity contribution in [1.82, 2.24) is 9.97 Å². The van der Waals surface area contributed by atoms with E-state index in [4.69, 9.17) is 0 Å². The standard InChI is InChI=1S/C12H14BrN3/c1-3-7-16(2)12-14-8-9-5-4-6-10(13)11(9)15-12/h4-6,8H,3,7H2,1-2H3. The van der Waals surface area contributed by atoms with E-state index >= 15 is 0 Å². The highest BCUT2D eigenvalue weighted by molar-refractivity contribution is 9.10. The van der Waals surface area contributed by atoms with Crippen molar-refractivity contribution in [3.63, 3.8) is 0 Å². The molecule has 3 nitrogen and oxygen atoms in total. The predicted octanol–water partition coefficient (Wildman–Crippen LogP) is 3.24. The average molecular weight is 280 g/mol. The van der Waals surface area contributed by atoms with Crippen LogP contribution in [0.4, 0.5) is 5.95 Å². The van der Waals surface area contributed by atoms with Crippen molar-refractivity contribution >= 4 is 32.8 Å². The second-order valence-corrected chi connectivity index (χ2v) is 4.62. The minimum atomic E-state index is 0.779. The number of benzene rings is 1. The van der Waals surface area contributed by atoms with Crippen molar-refractivity contribution in [2.24, 2.45) is 0 Å². The van der Waals surface area contributed by atoms with Crippen LogP contribution >= 0.6 is 15.9 Å². The summed E-state index contributed by atoms with van der Waals surface area (Å²) in [7, 11) is 2.02. The second kappa shape index (κ2) is 4.78. The Bertz CT molecular complexity index is 499. The Hall–Kier alpha value is -1.16. The molecule has 4 heteroatoms. The van der Waals surface area contributed by atoms with Crippen molar-refractivity contribution in [2.45, 2.75) is 13.3 Å². The molecule has 0 atom stereocenters. The highest BCUT2D eigenvalue weighted by Gasteiger charge is 2.06. The van der Waals surface area contributed by atoms with E-state index in [1.807, 2.05) is 31.4 Å². The van der Waals surface area contributed by atoms with Gasteiger partial charge in [0.25, 0.3) is 0 Å². The van der Waals surface area contributed by atoms with Gasteiger partial charge in [0.05, 0.1) is 5.52 Å². The highest BCUT2D eigenvalue weighted by atomic mass is 79.9. The smallest absolute Gasteiger partial charge is 0.225 e. The number of nitrogens with zero attached hydrogens (tertiary/aromatic N) is 3. The average Bonchev–Trinajstić information content (AvgIpc) is 2.29. The lowest BCUT2D eigenvalue weighted by atomic mass is 10.2.